The first-order valence-electron chi connectivity index (χ1n) is 7.92. The van der Waals surface area contributed by atoms with Crippen molar-refractivity contribution in [2.45, 2.75) is 53.1 Å². The molecule has 0 saturated carbocycles. The van der Waals surface area contributed by atoms with Crippen molar-refractivity contribution in [1.82, 2.24) is 9.88 Å². The molecule has 1 heterocycles. The molecule has 0 bridgehead atoms. The van der Waals surface area contributed by atoms with Crippen LogP contribution in [0.4, 0.5) is 5.69 Å². The summed E-state index contributed by atoms with van der Waals surface area (Å²) in [4.78, 5) is 7.07. The Labute approximate surface area is 127 Å². The molecule has 0 amide bonds. The van der Waals surface area contributed by atoms with Crippen molar-refractivity contribution in [3.05, 3.63) is 24.1 Å². The highest BCUT2D eigenvalue weighted by Crippen LogP contribution is 2.21. The van der Waals surface area contributed by atoms with E-state index in [1.54, 1.807) is 0 Å². The monoisotopic (exact) mass is 289 g/mol. The van der Waals surface area contributed by atoms with E-state index in [4.69, 9.17) is 10.2 Å². The van der Waals surface area contributed by atoms with Gasteiger partial charge in [-0.3, -0.25) is 4.90 Å². The van der Waals surface area contributed by atoms with E-state index in [2.05, 4.69) is 37.6 Å². The van der Waals surface area contributed by atoms with Crippen LogP contribution in [0.15, 0.2) is 22.6 Å². The third-order valence-corrected chi connectivity index (χ3v) is 3.85. The third kappa shape index (κ3) is 3.97. The van der Waals surface area contributed by atoms with Crippen molar-refractivity contribution in [1.29, 1.82) is 0 Å². The van der Waals surface area contributed by atoms with E-state index >= 15 is 0 Å². The van der Waals surface area contributed by atoms with Crippen molar-refractivity contribution in [3.8, 4) is 0 Å². The third-order valence-electron chi connectivity index (χ3n) is 3.85. The predicted molar refractivity (Wildman–Crippen MR) is 88.0 cm³/mol. The Balaban J connectivity index is 2.20. The van der Waals surface area contributed by atoms with Crippen LogP contribution in [0.2, 0.25) is 0 Å². The van der Waals surface area contributed by atoms with E-state index in [1.807, 2.05) is 18.2 Å². The fourth-order valence-corrected chi connectivity index (χ4v) is 2.85. The lowest BCUT2D eigenvalue weighted by Crippen LogP contribution is -2.36. The van der Waals surface area contributed by atoms with E-state index in [0.717, 1.165) is 48.6 Å². The highest BCUT2D eigenvalue weighted by molar-refractivity contribution is 5.76. The highest BCUT2D eigenvalue weighted by atomic mass is 16.3. The molecule has 4 nitrogen and oxygen atoms in total. The molecular formula is C17H27N3O. The van der Waals surface area contributed by atoms with Crippen molar-refractivity contribution >= 4 is 16.8 Å². The molecule has 0 atom stereocenters. The number of hydrogen-bond acceptors (Lipinski definition) is 4. The Kier molecular flexibility index (Phi) is 5.23. The van der Waals surface area contributed by atoms with Gasteiger partial charge in [-0.1, -0.05) is 27.7 Å². The smallest absolute Gasteiger partial charge is 0.209 e. The van der Waals surface area contributed by atoms with Gasteiger partial charge in [0, 0.05) is 18.3 Å². The molecule has 0 saturated heterocycles. The summed E-state index contributed by atoms with van der Waals surface area (Å²) in [6, 6.07) is 6.19. The molecule has 21 heavy (non-hydrogen) atoms. The number of anilines is 1. The maximum absolute atomic E-state index is 5.87. The summed E-state index contributed by atoms with van der Waals surface area (Å²) in [5.74, 6) is 1.41. The van der Waals surface area contributed by atoms with Gasteiger partial charge < -0.3 is 10.2 Å². The molecular weight excluding hydrogens is 262 g/mol. The lowest BCUT2D eigenvalue weighted by molar-refractivity contribution is 0.144. The Morgan fingerprint density at radius 1 is 1.24 bits per heavy atom. The van der Waals surface area contributed by atoms with E-state index in [-0.39, 0.29) is 0 Å². The minimum absolute atomic E-state index is 0.576. The molecule has 1 aromatic heterocycles. The van der Waals surface area contributed by atoms with E-state index in [0.29, 0.717) is 12.0 Å². The Hall–Kier alpha value is -1.55. The lowest BCUT2D eigenvalue weighted by atomic mass is 10.1. The number of hydrogen-bond donors (Lipinski definition) is 1. The number of fused-ring (bicyclic) bond motifs is 1. The van der Waals surface area contributed by atoms with Crippen LogP contribution < -0.4 is 5.73 Å². The van der Waals surface area contributed by atoms with Crippen LogP contribution in [0.25, 0.3) is 11.1 Å². The average Bonchev–Trinajstić information content (AvgIpc) is 2.80. The van der Waals surface area contributed by atoms with Crippen LogP contribution >= 0.6 is 0 Å². The predicted octanol–water partition coefficient (Wildman–Crippen LogP) is 4.06. The van der Waals surface area contributed by atoms with Gasteiger partial charge in [-0.25, -0.2) is 4.98 Å². The zero-order valence-electron chi connectivity index (χ0n) is 13.6. The minimum atomic E-state index is 0.576. The fourth-order valence-electron chi connectivity index (χ4n) is 2.85. The van der Waals surface area contributed by atoms with Gasteiger partial charge in [0.05, 0.1) is 6.54 Å². The number of nitrogens with zero attached hydrogens (tertiary/aromatic N) is 2. The number of aromatic nitrogens is 1. The number of nitrogens with two attached hydrogens (primary N) is 1. The highest BCUT2D eigenvalue weighted by Gasteiger charge is 2.19. The Morgan fingerprint density at radius 2 is 1.95 bits per heavy atom. The maximum atomic E-state index is 5.87. The van der Waals surface area contributed by atoms with Gasteiger partial charge in [-0.2, -0.15) is 0 Å². The van der Waals surface area contributed by atoms with Gasteiger partial charge in [0.2, 0.25) is 5.89 Å². The topological polar surface area (TPSA) is 55.3 Å². The van der Waals surface area contributed by atoms with Crippen molar-refractivity contribution in [3.63, 3.8) is 0 Å². The first-order chi connectivity index (χ1) is 10.0. The summed E-state index contributed by atoms with van der Waals surface area (Å²) < 4.78 is 5.87. The van der Waals surface area contributed by atoms with Crippen molar-refractivity contribution in [2.75, 3.05) is 12.3 Å². The molecule has 2 N–H and O–H groups in total. The molecule has 0 radical (unpaired) electrons. The first-order valence-corrected chi connectivity index (χ1v) is 7.92. The zero-order valence-corrected chi connectivity index (χ0v) is 13.6. The molecule has 0 spiro atoms. The lowest BCUT2D eigenvalue weighted by Gasteiger charge is -2.30. The quantitative estimate of drug-likeness (QED) is 0.781. The van der Waals surface area contributed by atoms with Crippen molar-refractivity contribution in [2.24, 2.45) is 5.92 Å². The molecule has 2 rings (SSSR count). The van der Waals surface area contributed by atoms with Crippen LogP contribution in [0.5, 0.6) is 0 Å². The van der Waals surface area contributed by atoms with Crippen molar-refractivity contribution < 1.29 is 4.42 Å². The molecule has 0 aliphatic carbocycles. The average molecular weight is 289 g/mol. The number of nitrogen functional groups attached to an aromatic ring is 1. The van der Waals surface area contributed by atoms with Crippen LogP contribution in [0.3, 0.4) is 0 Å². The summed E-state index contributed by atoms with van der Waals surface area (Å²) in [7, 11) is 0. The van der Waals surface area contributed by atoms with Gasteiger partial charge in [0.1, 0.15) is 5.52 Å². The molecule has 0 aliphatic rings. The summed E-state index contributed by atoms with van der Waals surface area (Å²) in [6.45, 7) is 10.8. The zero-order chi connectivity index (χ0) is 15.4. The SMILES string of the molecule is CCC(CC)N(Cc1nc2cc(N)ccc2o1)CC(C)C. The number of benzene rings is 1. The van der Waals surface area contributed by atoms with Gasteiger partial charge in [0.15, 0.2) is 5.58 Å². The normalized spacial score (nSPS) is 12.1. The summed E-state index contributed by atoms with van der Waals surface area (Å²) in [5.41, 5.74) is 8.18. The van der Waals surface area contributed by atoms with E-state index < -0.39 is 0 Å². The number of rotatable bonds is 7. The van der Waals surface area contributed by atoms with Gasteiger partial charge >= 0.3 is 0 Å². The van der Waals surface area contributed by atoms with Crippen LogP contribution in [-0.2, 0) is 6.54 Å². The standard InChI is InChI=1S/C17H27N3O/c1-5-14(6-2)20(10-12(3)4)11-17-19-15-9-13(18)7-8-16(15)21-17/h7-9,12,14H,5-6,10-11,18H2,1-4H3. The van der Waals surface area contributed by atoms with Gasteiger partial charge in [0.25, 0.3) is 0 Å². The maximum Gasteiger partial charge on any atom is 0.209 e. The Morgan fingerprint density at radius 3 is 2.57 bits per heavy atom. The molecule has 1 aromatic carbocycles. The van der Waals surface area contributed by atoms with Gasteiger partial charge in [-0.05, 0) is 37.0 Å². The largest absolute Gasteiger partial charge is 0.439 e. The Bertz CT molecular complexity index is 572. The second-order valence-corrected chi connectivity index (χ2v) is 6.13. The minimum Gasteiger partial charge on any atom is -0.439 e. The van der Waals surface area contributed by atoms with Crippen LogP contribution in [-0.4, -0.2) is 22.5 Å². The molecule has 0 fully saturated rings. The number of oxazole rings is 1. The molecule has 2 aromatic rings. The molecule has 4 heteroatoms. The van der Waals surface area contributed by atoms with Crippen LogP contribution in [0.1, 0.15) is 46.4 Å². The van der Waals surface area contributed by atoms with Gasteiger partial charge in [-0.15, -0.1) is 0 Å². The second kappa shape index (κ2) is 6.94. The molecule has 0 aliphatic heterocycles. The second-order valence-electron chi connectivity index (χ2n) is 6.13. The molecule has 116 valence electrons. The summed E-state index contributed by atoms with van der Waals surface area (Å²) >= 11 is 0. The molecule has 0 unspecified atom stereocenters. The summed E-state index contributed by atoms with van der Waals surface area (Å²) in [5, 5.41) is 0. The summed E-state index contributed by atoms with van der Waals surface area (Å²) in [6.07, 6.45) is 2.30. The fraction of sp³-hybridized carbons (Fsp3) is 0.588. The van der Waals surface area contributed by atoms with E-state index in [1.165, 1.54) is 0 Å². The van der Waals surface area contributed by atoms with E-state index in [9.17, 15) is 0 Å². The van der Waals surface area contributed by atoms with Crippen LogP contribution in [0, 0.1) is 5.92 Å². The first kappa shape index (κ1) is 15.8.